The average molecular weight is 285 g/mol. The lowest BCUT2D eigenvalue weighted by Crippen LogP contribution is -2.17. The Morgan fingerprint density at radius 1 is 1.19 bits per heavy atom. The van der Waals surface area contributed by atoms with Crippen molar-refractivity contribution in [2.75, 3.05) is 0 Å². The minimum atomic E-state index is -0.544. The highest BCUT2D eigenvalue weighted by Gasteiger charge is 2.08. The monoisotopic (exact) mass is 285 g/mol. The summed E-state index contributed by atoms with van der Waals surface area (Å²) in [5, 5.41) is 23.7. The van der Waals surface area contributed by atoms with Gasteiger partial charge >= 0.3 is 0 Å². The number of hydrogen-bond acceptors (Lipinski definition) is 5. The second-order valence-electron chi connectivity index (χ2n) is 4.06. The molecular formula is C14H11N3O4. The number of rotatable bonds is 4. The van der Waals surface area contributed by atoms with E-state index in [4.69, 9.17) is 0 Å². The van der Waals surface area contributed by atoms with Gasteiger partial charge in [0.05, 0.1) is 11.1 Å². The Hall–Kier alpha value is -3.22. The van der Waals surface area contributed by atoms with E-state index in [-0.39, 0.29) is 17.0 Å². The third kappa shape index (κ3) is 3.63. The lowest BCUT2D eigenvalue weighted by Gasteiger charge is -2.00. The Bertz CT molecular complexity index is 696. The van der Waals surface area contributed by atoms with Crippen LogP contribution in [0.25, 0.3) is 0 Å². The fraction of sp³-hybridized carbons (Fsp3) is 0. The molecule has 0 saturated heterocycles. The van der Waals surface area contributed by atoms with E-state index < -0.39 is 10.8 Å². The van der Waals surface area contributed by atoms with Gasteiger partial charge in [0, 0.05) is 23.3 Å². The van der Waals surface area contributed by atoms with Crippen LogP contribution in [-0.2, 0) is 0 Å². The number of aromatic hydroxyl groups is 1. The molecule has 0 spiro atoms. The fourth-order valence-electron chi connectivity index (χ4n) is 1.56. The molecule has 21 heavy (non-hydrogen) atoms. The molecule has 7 heteroatoms. The summed E-state index contributed by atoms with van der Waals surface area (Å²) in [5.74, 6) is -0.456. The van der Waals surface area contributed by atoms with Crippen molar-refractivity contribution in [2.45, 2.75) is 0 Å². The quantitative estimate of drug-likeness (QED) is 0.509. The molecule has 0 radical (unpaired) electrons. The van der Waals surface area contributed by atoms with E-state index in [9.17, 15) is 20.0 Å². The van der Waals surface area contributed by atoms with Gasteiger partial charge in [-0.2, -0.15) is 5.10 Å². The standard InChI is InChI=1S/C14H11N3O4/c18-13-4-2-1-3-11(13)9-15-16-14(19)10-5-7-12(8-6-10)17(20)21/h1-9,18H,(H,16,19)/b15-9+. The average Bonchev–Trinajstić information content (AvgIpc) is 2.49. The number of hydrogen-bond donors (Lipinski definition) is 2. The summed E-state index contributed by atoms with van der Waals surface area (Å²) in [5.41, 5.74) is 2.88. The van der Waals surface area contributed by atoms with Gasteiger partial charge in [-0.3, -0.25) is 14.9 Å². The van der Waals surface area contributed by atoms with Crippen molar-refractivity contribution in [1.82, 2.24) is 5.43 Å². The Morgan fingerprint density at radius 3 is 2.48 bits per heavy atom. The summed E-state index contributed by atoms with van der Waals surface area (Å²) in [6, 6.07) is 11.7. The van der Waals surface area contributed by atoms with Crippen molar-refractivity contribution < 1.29 is 14.8 Å². The van der Waals surface area contributed by atoms with Crippen molar-refractivity contribution in [3.8, 4) is 5.75 Å². The Balaban J connectivity index is 2.02. The first-order valence-electron chi connectivity index (χ1n) is 5.94. The number of nitro benzene ring substituents is 1. The molecule has 0 heterocycles. The molecule has 0 aliphatic heterocycles. The van der Waals surface area contributed by atoms with Gasteiger partial charge in [0.25, 0.3) is 11.6 Å². The number of nitrogens with zero attached hydrogens (tertiary/aromatic N) is 2. The maximum Gasteiger partial charge on any atom is 0.271 e. The third-order valence-electron chi connectivity index (χ3n) is 2.65. The lowest BCUT2D eigenvalue weighted by molar-refractivity contribution is -0.384. The SMILES string of the molecule is O=C(N/N=C/c1ccccc1O)c1ccc([N+](=O)[O-])cc1. The summed E-state index contributed by atoms with van der Waals surface area (Å²) in [6.07, 6.45) is 1.30. The molecular weight excluding hydrogens is 274 g/mol. The zero-order valence-corrected chi connectivity index (χ0v) is 10.8. The largest absolute Gasteiger partial charge is 0.507 e. The second-order valence-corrected chi connectivity index (χ2v) is 4.06. The van der Waals surface area contributed by atoms with Crippen LogP contribution < -0.4 is 5.43 Å². The summed E-state index contributed by atoms with van der Waals surface area (Å²) >= 11 is 0. The molecule has 2 aromatic carbocycles. The fourth-order valence-corrected chi connectivity index (χ4v) is 1.56. The molecule has 7 nitrogen and oxygen atoms in total. The number of nitrogens with one attached hydrogen (secondary N) is 1. The number of hydrazone groups is 1. The topological polar surface area (TPSA) is 105 Å². The minimum Gasteiger partial charge on any atom is -0.507 e. The maximum absolute atomic E-state index is 11.7. The van der Waals surface area contributed by atoms with Crippen LogP contribution in [0.15, 0.2) is 53.6 Å². The molecule has 0 fully saturated rings. The number of phenolic OH excluding ortho intramolecular Hbond substituents is 1. The van der Waals surface area contributed by atoms with E-state index in [0.717, 1.165) is 0 Å². The number of carbonyl (C=O) groups excluding carboxylic acids is 1. The van der Waals surface area contributed by atoms with Gasteiger partial charge in [0.2, 0.25) is 0 Å². The summed E-state index contributed by atoms with van der Waals surface area (Å²) < 4.78 is 0. The first-order chi connectivity index (χ1) is 10.1. The third-order valence-corrected chi connectivity index (χ3v) is 2.65. The van der Waals surface area contributed by atoms with Crippen molar-refractivity contribution in [3.63, 3.8) is 0 Å². The van der Waals surface area contributed by atoms with Crippen LogP contribution in [0, 0.1) is 10.1 Å². The Morgan fingerprint density at radius 2 is 1.86 bits per heavy atom. The Labute approximate surface area is 119 Å². The molecule has 0 bridgehead atoms. The molecule has 1 amide bonds. The zero-order chi connectivity index (χ0) is 15.2. The highest BCUT2D eigenvalue weighted by molar-refractivity contribution is 5.95. The summed E-state index contributed by atoms with van der Waals surface area (Å²) in [7, 11) is 0. The van der Waals surface area contributed by atoms with Crippen molar-refractivity contribution in [1.29, 1.82) is 0 Å². The number of para-hydroxylation sites is 1. The maximum atomic E-state index is 11.7. The number of benzene rings is 2. The van der Waals surface area contributed by atoms with Crippen LogP contribution in [0.4, 0.5) is 5.69 Å². The van der Waals surface area contributed by atoms with Gasteiger partial charge in [0.1, 0.15) is 5.75 Å². The van der Waals surface area contributed by atoms with Crippen LogP contribution >= 0.6 is 0 Å². The van der Waals surface area contributed by atoms with Gasteiger partial charge in [-0.25, -0.2) is 5.43 Å². The summed E-state index contributed by atoms with van der Waals surface area (Å²) in [6.45, 7) is 0. The molecule has 2 rings (SSSR count). The van der Waals surface area contributed by atoms with E-state index in [1.165, 1.54) is 36.5 Å². The van der Waals surface area contributed by atoms with Gasteiger partial charge in [-0.15, -0.1) is 0 Å². The first kappa shape index (κ1) is 14.2. The molecule has 106 valence electrons. The van der Waals surface area contributed by atoms with Crippen molar-refractivity contribution in [2.24, 2.45) is 5.10 Å². The van der Waals surface area contributed by atoms with E-state index in [0.29, 0.717) is 5.56 Å². The number of phenols is 1. The molecule has 0 aliphatic carbocycles. The number of nitro groups is 1. The van der Waals surface area contributed by atoms with Crippen LogP contribution in [-0.4, -0.2) is 22.2 Å². The summed E-state index contributed by atoms with van der Waals surface area (Å²) in [4.78, 5) is 21.7. The number of amides is 1. The molecule has 0 atom stereocenters. The van der Waals surface area contributed by atoms with Crippen LogP contribution in [0.3, 0.4) is 0 Å². The van der Waals surface area contributed by atoms with E-state index in [2.05, 4.69) is 10.5 Å². The van der Waals surface area contributed by atoms with Gasteiger partial charge in [0.15, 0.2) is 0 Å². The number of carbonyl (C=O) groups is 1. The van der Waals surface area contributed by atoms with Crippen LogP contribution in [0.1, 0.15) is 15.9 Å². The zero-order valence-electron chi connectivity index (χ0n) is 10.8. The smallest absolute Gasteiger partial charge is 0.271 e. The molecule has 2 N–H and O–H groups in total. The van der Waals surface area contributed by atoms with Crippen molar-refractivity contribution in [3.05, 3.63) is 69.8 Å². The normalized spacial score (nSPS) is 10.5. The first-order valence-corrected chi connectivity index (χ1v) is 5.94. The highest BCUT2D eigenvalue weighted by atomic mass is 16.6. The van der Waals surface area contributed by atoms with Gasteiger partial charge in [-0.05, 0) is 24.3 Å². The van der Waals surface area contributed by atoms with Crippen molar-refractivity contribution >= 4 is 17.8 Å². The molecule has 0 aromatic heterocycles. The predicted molar refractivity (Wildman–Crippen MR) is 76.3 cm³/mol. The second kappa shape index (κ2) is 6.29. The molecule has 0 unspecified atom stereocenters. The number of non-ortho nitro benzene ring substituents is 1. The Kier molecular flexibility index (Phi) is 4.25. The highest BCUT2D eigenvalue weighted by Crippen LogP contribution is 2.13. The van der Waals surface area contributed by atoms with E-state index >= 15 is 0 Å². The van der Waals surface area contributed by atoms with E-state index in [1.54, 1.807) is 18.2 Å². The van der Waals surface area contributed by atoms with E-state index in [1.807, 2.05) is 0 Å². The molecule has 2 aromatic rings. The molecule has 0 saturated carbocycles. The van der Waals surface area contributed by atoms with Gasteiger partial charge in [-0.1, -0.05) is 12.1 Å². The molecule has 0 aliphatic rings. The lowest BCUT2D eigenvalue weighted by atomic mass is 10.2. The minimum absolute atomic E-state index is 0.0471. The van der Waals surface area contributed by atoms with Gasteiger partial charge < -0.3 is 5.11 Å². The predicted octanol–water partition coefficient (Wildman–Crippen LogP) is 2.06. The van der Waals surface area contributed by atoms with Crippen LogP contribution in [0.2, 0.25) is 0 Å². The van der Waals surface area contributed by atoms with Crippen LogP contribution in [0.5, 0.6) is 5.75 Å².